The number of carbonyl (C=O) groups is 1. The van der Waals surface area contributed by atoms with E-state index in [9.17, 15) is 18.0 Å². The number of nitrogens with zero attached hydrogens (tertiary/aromatic N) is 1. The Hall–Kier alpha value is -4.11. The molecular formula is C26H24N2O6S. The van der Waals surface area contributed by atoms with E-state index < -0.39 is 20.2 Å². The second-order valence-corrected chi connectivity index (χ2v) is 9.79. The number of rotatable bonds is 7. The fraction of sp³-hybridized carbons (Fsp3) is 0.154. The zero-order valence-corrected chi connectivity index (χ0v) is 20.3. The van der Waals surface area contributed by atoms with Crippen molar-refractivity contribution in [3.05, 3.63) is 88.7 Å². The molecule has 1 heterocycles. The third kappa shape index (κ3) is 4.76. The van der Waals surface area contributed by atoms with Crippen molar-refractivity contribution in [1.29, 1.82) is 0 Å². The van der Waals surface area contributed by atoms with Crippen molar-refractivity contribution in [3.8, 4) is 11.5 Å². The number of amides is 1. The number of para-hydroxylation sites is 1. The summed E-state index contributed by atoms with van der Waals surface area (Å²) in [5.41, 5.74) is 1.27. The number of carbonyl (C=O) groups excluding carboxylic acids is 1. The number of nitrogens with one attached hydrogen (secondary N) is 1. The minimum atomic E-state index is -4.19. The van der Waals surface area contributed by atoms with Crippen molar-refractivity contribution in [2.75, 3.05) is 19.5 Å². The molecule has 0 aliphatic heterocycles. The van der Waals surface area contributed by atoms with Crippen LogP contribution in [-0.4, -0.2) is 33.1 Å². The molecule has 0 saturated carbocycles. The Morgan fingerprint density at radius 2 is 1.60 bits per heavy atom. The van der Waals surface area contributed by atoms with Gasteiger partial charge in [-0.15, -0.1) is 0 Å². The van der Waals surface area contributed by atoms with E-state index in [1.54, 1.807) is 18.2 Å². The number of hydrogen-bond donors (Lipinski definition) is 1. The summed E-state index contributed by atoms with van der Waals surface area (Å²) in [7, 11) is -1.27. The number of anilines is 1. The number of pyridine rings is 1. The fourth-order valence-electron chi connectivity index (χ4n) is 3.74. The lowest BCUT2D eigenvalue weighted by Crippen LogP contribution is -2.24. The summed E-state index contributed by atoms with van der Waals surface area (Å²) in [4.78, 5) is 25.7. The maximum absolute atomic E-state index is 13.4. The number of aromatic nitrogens is 1. The first-order valence-electron chi connectivity index (χ1n) is 10.7. The van der Waals surface area contributed by atoms with Crippen LogP contribution >= 0.6 is 0 Å². The summed E-state index contributed by atoms with van der Waals surface area (Å²) in [5.74, 6) is 0.509. The molecule has 4 rings (SSSR count). The predicted molar refractivity (Wildman–Crippen MR) is 133 cm³/mol. The van der Waals surface area contributed by atoms with Crippen LogP contribution in [0.3, 0.4) is 0 Å². The third-order valence-electron chi connectivity index (χ3n) is 5.65. The summed E-state index contributed by atoms with van der Waals surface area (Å²) in [6.07, 6.45) is 1.22. The van der Waals surface area contributed by atoms with E-state index in [1.165, 1.54) is 55.3 Å². The van der Waals surface area contributed by atoms with Crippen molar-refractivity contribution in [2.24, 2.45) is 0 Å². The molecule has 0 saturated heterocycles. The van der Waals surface area contributed by atoms with Crippen LogP contribution in [0.4, 0.5) is 5.69 Å². The molecule has 3 aromatic carbocycles. The van der Waals surface area contributed by atoms with E-state index in [1.807, 2.05) is 25.1 Å². The van der Waals surface area contributed by atoms with Gasteiger partial charge in [-0.05, 0) is 61.0 Å². The highest BCUT2D eigenvalue weighted by molar-refractivity contribution is 7.91. The molecule has 0 atom stereocenters. The van der Waals surface area contributed by atoms with Gasteiger partial charge in [0.25, 0.3) is 0 Å². The summed E-state index contributed by atoms with van der Waals surface area (Å²) >= 11 is 0. The van der Waals surface area contributed by atoms with E-state index in [-0.39, 0.29) is 22.7 Å². The Labute approximate surface area is 202 Å². The molecule has 0 unspecified atom stereocenters. The molecule has 4 aromatic rings. The molecule has 35 heavy (non-hydrogen) atoms. The lowest BCUT2D eigenvalue weighted by molar-refractivity contribution is -0.116. The van der Waals surface area contributed by atoms with E-state index in [0.717, 1.165) is 5.56 Å². The number of benzene rings is 3. The first kappa shape index (κ1) is 24.0. The SMILES string of the molecule is COc1ccc(S(=O)(=O)c2cn(CC(=O)Nc3ccccc3C)c3ccc(OC)cc3c2=O)cc1. The maximum Gasteiger partial charge on any atom is 0.244 e. The van der Waals surface area contributed by atoms with Gasteiger partial charge in [-0.2, -0.15) is 0 Å². The quantitative estimate of drug-likeness (QED) is 0.421. The second kappa shape index (κ2) is 9.63. The van der Waals surface area contributed by atoms with Gasteiger partial charge in [0.05, 0.1) is 30.0 Å². The van der Waals surface area contributed by atoms with E-state index >= 15 is 0 Å². The summed E-state index contributed by atoms with van der Waals surface area (Å²) < 4.78 is 38.7. The van der Waals surface area contributed by atoms with Crippen molar-refractivity contribution in [3.63, 3.8) is 0 Å². The number of ether oxygens (including phenoxy) is 2. The lowest BCUT2D eigenvalue weighted by atomic mass is 10.2. The van der Waals surface area contributed by atoms with Crippen molar-refractivity contribution >= 4 is 32.3 Å². The van der Waals surface area contributed by atoms with Crippen LogP contribution in [0.1, 0.15) is 5.56 Å². The van der Waals surface area contributed by atoms with Gasteiger partial charge < -0.3 is 19.4 Å². The van der Waals surface area contributed by atoms with Crippen LogP contribution in [0.25, 0.3) is 10.9 Å². The number of aryl methyl sites for hydroxylation is 1. The van der Waals surface area contributed by atoms with Gasteiger partial charge in [-0.3, -0.25) is 9.59 Å². The number of hydrogen-bond acceptors (Lipinski definition) is 6. The number of fused-ring (bicyclic) bond motifs is 1. The topological polar surface area (TPSA) is 104 Å². The van der Waals surface area contributed by atoms with Crippen molar-refractivity contribution < 1.29 is 22.7 Å². The van der Waals surface area contributed by atoms with Crippen LogP contribution in [0.2, 0.25) is 0 Å². The maximum atomic E-state index is 13.4. The molecule has 180 valence electrons. The molecule has 1 aromatic heterocycles. The molecule has 1 amide bonds. The zero-order valence-electron chi connectivity index (χ0n) is 19.4. The van der Waals surface area contributed by atoms with E-state index in [2.05, 4.69) is 5.32 Å². The molecule has 0 aliphatic carbocycles. The standard InChI is InChI=1S/C26H24N2O6S/c1-17-6-4-5-7-22(17)27-25(29)16-28-15-24(26(30)21-14-19(34-3)10-13-23(21)28)35(31,32)20-11-8-18(33-2)9-12-20/h4-15H,16H2,1-3H3,(H,27,29). The Morgan fingerprint density at radius 3 is 2.26 bits per heavy atom. The Balaban J connectivity index is 1.84. The van der Waals surface area contributed by atoms with Crippen LogP contribution in [-0.2, 0) is 21.2 Å². The lowest BCUT2D eigenvalue weighted by Gasteiger charge is -2.15. The Morgan fingerprint density at radius 1 is 0.943 bits per heavy atom. The normalized spacial score (nSPS) is 11.3. The van der Waals surface area contributed by atoms with Gasteiger partial charge in [0.2, 0.25) is 21.2 Å². The Bertz CT molecular complexity index is 1570. The van der Waals surface area contributed by atoms with Crippen LogP contribution in [0, 0.1) is 6.92 Å². The molecule has 8 nitrogen and oxygen atoms in total. The van der Waals surface area contributed by atoms with Gasteiger partial charge >= 0.3 is 0 Å². The van der Waals surface area contributed by atoms with Gasteiger partial charge in [0, 0.05) is 11.9 Å². The highest BCUT2D eigenvalue weighted by atomic mass is 32.2. The molecular weight excluding hydrogens is 468 g/mol. The molecule has 0 bridgehead atoms. The predicted octanol–water partition coefficient (Wildman–Crippen LogP) is 3.80. The van der Waals surface area contributed by atoms with Crippen LogP contribution < -0.4 is 20.2 Å². The molecule has 1 N–H and O–H groups in total. The van der Waals surface area contributed by atoms with Gasteiger partial charge in [-0.25, -0.2) is 8.42 Å². The largest absolute Gasteiger partial charge is 0.497 e. The highest BCUT2D eigenvalue weighted by Gasteiger charge is 2.25. The third-order valence-corrected chi connectivity index (χ3v) is 7.41. The highest BCUT2D eigenvalue weighted by Crippen LogP contribution is 2.25. The van der Waals surface area contributed by atoms with Crippen LogP contribution in [0.5, 0.6) is 11.5 Å². The monoisotopic (exact) mass is 492 g/mol. The fourth-order valence-corrected chi connectivity index (χ4v) is 5.11. The molecule has 9 heteroatoms. The summed E-state index contributed by atoms with van der Waals surface area (Å²) in [5, 5.41) is 2.96. The molecule has 0 fully saturated rings. The minimum Gasteiger partial charge on any atom is -0.497 e. The van der Waals surface area contributed by atoms with Crippen molar-refractivity contribution in [2.45, 2.75) is 23.3 Å². The van der Waals surface area contributed by atoms with Crippen molar-refractivity contribution in [1.82, 2.24) is 4.57 Å². The van der Waals surface area contributed by atoms with Gasteiger partial charge in [-0.1, -0.05) is 18.2 Å². The minimum absolute atomic E-state index is 0.0615. The number of sulfone groups is 1. The number of methoxy groups -OCH3 is 2. The molecule has 0 radical (unpaired) electrons. The molecule has 0 spiro atoms. The first-order valence-corrected chi connectivity index (χ1v) is 12.2. The van der Waals surface area contributed by atoms with Crippen LogP contribution in [0.15, 0.2) is 87.5 Å². The average Bonchev–Trinajstić information content (AvgIpc) is 2.86. The Kier molecular flexibility index (Phi) is 6.61. The van der Waals surface area contributed by atoms with E-state index in [0.29, 0.717) is 22.7 Å². The summed E-state index contributed by atoms with van der Waals surface area (Å²) in [6, 6.07) is 17.8. The van der Waals surface area contributed by atoms with Gasteiger partial charge in [0.15, 0.2) is 0 Å². The molecule has 0 aliphatic rings. The zero-order chi connectivity index (χ0) is 25.2. The second-order valence-electron chi connectivity index (χ2n) is 7.88. The summed E-state index contributed by atoms with van der Waals surface area (Å²) in [6.45, 7) is 1.67. The first-order chi connectivity index (χ1) is 16.7. The average molecular weight is 493 g/mol. The smallest absolute Gasteiger partial charge is 0.244 e. The van der Waals surface area contributed by atoms with Gasteiger partial charge in [0.1, 0.15) is 22.9 Å². The van der Waals surface area contributed by atoms with E-state index in [4.69, 9.17) is 9.47 Å².